The molecule has 0 saturated heterocycles. The van der Waals surface area contributed by atoms with E-state index in [0.29, 0.717) is 26.1 Å². The van der Waals surface area contributed by atoms with Crippen LogP contribution in [0.1, 0.15) is 25.8 Å². The first kappa shape index (κ1) is 19.0. The van der Waals surface area contributed by atoms with Crippen LogP contribution in [0, 0.1) is 5.92 Å². The fraction of sp³-hybridized carbons (Fsp3) is 0.364. The molecule has 0 bridgehead atoms. The monoisotopic (exact) mass is 366 g/mol. The second kappa shape index (κ2) is 8.71. The number of benzene rings is 2. The molecular formula is C22H26N2O3. The van der Waals surface area contributed by atoms with Crippen molar-refractivity contribution >= 4 is 23.7 Å². The van der Waals surface area contributed by atoms with Gasteiger partial charge in [0.05, 0.1) is 23.9 Å². The molecule has 1 aliphatic heterocycles. The van der Waals surface area contributed by atoms with E-state index in [9.17, 15) is 9.59 Å². The highest BCUT2D eigenvalue weighted by atomic mass is 16.5. The van der Waals surface area contributed by atoms with Gasteiger partial charge in [0, 0.05) is 13.1 Å². The smallest absolute Gasteiger partial charge is 0.231 e. The molecule has 27 heavy (non-hydrogen) atoms. The van der Waals surface area contributed by atoms with E-state index in [1.54, 1.807) is 9.80 Å². The molecule has 3 rings (SSSR count). The summed E-state index contributed by atoms with van der Waals surface area (Å²) < 4.78 is 5.82. The molecule has 0 spiro atoms. The zero-order valence-corrected chi connectivity index (χ0v) is 15.9. The van der Waals surface area contributed by atoms with Crippen molar-refractivity contribution in [2.45, 2.75) is 26.7 Å². The number of carbonyl (C=O) groups excluding carboxylic acids is 2. The van der Waals surface area contributed by atoms with Gasteiger partial charge < -0.3 is 14.5 Å². The van der Waals surface area contributed by atoms with Crippen LogP contribution in [0.25, 0.3) is 0 Å². The molecule has 0 saturated carbocycles. The molecule has 1 heterocycles. The molecule has 1 aliphatic rings. The van der Waals surface area contributed by atoms with Gasteiger partial charge in [-0.2, -0.15) is 0 Å². The third-order valence-corrected chi connectivity index (χ3v) is 4.89. The SMILES string of the molecule is CCc1ccc(OCCCN2C(=O)C(C)CN(C=O)c3ccccc32)cc1. The first-order valence-corrected chi connectivity index (χ1v) is 9.48. The fourth-order valence-corrected chi connectivity index (χ4v) is 3.36. The lowest BCUT2D eigenvalue weighted by atomic mass is 10.1. The lowest BCUT2D eigenvalue weighted by Crippen LogP contribution is -2.37. The van der Waals surface area contributed by atoms with E-state index in [2.05, 4.69) is 19.1 Å². The summed E-state index contributed by atoms with van der Waals surface area (Å²) in [6.45, 7) is 5.47. The van der Waals surface area contributed by atoms with Crippen LogP contribution >= 0.6 is 0 Å². The number of ether oxygens (including phenoxy) is 1. The van der Waals surface area contributed by atoms with Crippen molar-refractivity contribution in [3.8, 4) is 5.75 Å². The predicted molar refractivity (Wildman–Crippen MR) is 107 cm³/mol. The average Bonchev–Trinajstić information content (AvgIpc) is 2.81. The molecular weight excluding hydrogens is 340 g/mol. The molecule has 142 valence electrons. The van der Waals surface area contributed by atoms with Crippen molar-refractivity contribution in [1.29, 1.82) is 0 Å². The molecule has 1 atom stereocenters. The van der Waals surface area contributed by atoms with Crippen LogP contribution in [-0.2, 0) is 16.0 Å². The van der Waals surface area contributed by atoms with E-state index in [1.165, 1.54) is 5.56 Å². The maximum absolute atomic E-state index is 12.8. The van der Waals surface area contributed by atoms with Gasteiger partial charge in [0.1, 0.15) is 5.75 Å². The molecule has 0 fully saturated rings. The van der Waals surface area contributed by atoms with Crippen LogP contribution in [0.15, 0.2) is 48.5 Å². The zero-order chi connectivity index (χ0) is 19.2. The molecule has 1 unspecified atom stereocenters. The number of para-hydroxylation sites is 2. The Morgan fingerprint density at radius 2 is 1.81 bits per heavy atom. The number of nitrogens with zero attached hydrogens (tertiary/aromatic N) is 2. The second-order valence-electron chi connectivity index (χ2n) is 6.84. The summed E-state index contributed by atoms with van der Waals surface area (Å²) in [6.07, 6.45) is 2.52. The van der Waals surface area contributed by atoms with Crippen LogP contribution in [0.5, 0.6) is 5.75 Å². The fourth-order valence-electron chi connectivity index (χ4n) is 3.36. The van der Waals surface area contributed by atoms with E-state index < -0.39 is 0 Å². The summed E-state index contributed by atoms with van der Waals surface area (Å²) in [7, 11) is 0. The maximum Gasteiger partial charge on any atom is 0.231 e. The van der Waals surface area contributed by atoms with Gasteiger partial charge in [-0.25, -0.2) is 0 Å². The minimum Gasteiger partial charge on any atom is -0.494 e. The molecule has 0 aromatic heterocycles. The quantitative estimate of drug-likeness (QED) is 0.555. The van der Waals surface area contributed by atoms with Crippen molar-refractivity contribution in [3.05, 3.63) is 54.1 Å². The Hall–Kier alpha value is -2.82. The topological polar surface area (TPSA) is 49.9 Å². The Labute approximate surface area is 160 Å². The van der Waals surface area contributed by atoms with Crippen molar-refractivity contribution in [3.63, 3.8) is 0 Å². The standard InChI is InChI=1S/C22H26N2O3/c1-3-18-9-11-19(12-10-18)27-14-6-13-24-21-8-5-4-7-20(21)23(16-25)15-17(2)22(24)26/h4-5,7-12,16-17H,3,6,13-15H2,1-2H3. The van der Waals surface area contributed by atoms with E-state index in [0.717, 1.165) is 30.0 Å². The van der Waals surface area contributed by atoms with Gasteiger partial charge in [-0.3, -0.25) is 9.59 Å². The molecule has 0 N–H and O–H groups in total. The van der Waals surface area contributed by atoms with Crippen LogP contribution in [-0.4, -0.2) is 32.0 Å². The number of fused-ring (bicyclic) bond motifs is 1. The summed E-state index contributed by atoms with van der Waals surface area (Å²) >= 11 is 0. The number of rotatable bonds is 7. The van der Waals surface area contributed by atoms with Crippen LogP contribution in [0.2, 0.25) is 0 Å². The normalized spacial score (nSPS) is 16.7. The Morgan fingerprint density at radius 1 is 1.11 bits per heavy atom. The van der Waals surface area contributed by atoms with Crippen LogP contribution < -0.4 is 14.5 Å². The Bertz CT molecular complexity index is 788. The van der Waals surface area contributed by atoms with Gasteiger partial charge in [0.15, 0.2) is 0 Å². The largest absolute Gasteiger partial charge is 0.494 e. The third kappa shape index (κ3) is 4.30. The molecule has 2 amide bonds. The van der Waals surface area contributed by atoms with E-state index >= 15 is 0 Å². The summed E-state index contributed by atoms with van der Waals surface area (Å²) in [5, 5.41) is 0. The number of hydrogen-bond donors (Lipinski definition) is 0. The summed E-state index contributed by atoms with van der Waals surface area (Å²) in [5.74, 6) is 0.638. The van der Waals surface area contributed by atoms with E-state index in [4.69, 9.17) is 4.74 Å². The van der Waals surface area contributed by atoms with Gasteiger partial charge in [-0.1, -0.05) is 38.1 Å². The molecule has 5 nitrogen and oxygen atoms in total. The van der Waals surface area contributed by atoms with Crippen molar-refractivity contribution in [1.82, 2.24) is 0 Å². The highest BCUT2D eigenvalue weighted by Gasteiger charge is 2.30. The molecule has 0 radical (unpaired) electrons. The van der Waals surface area contributed by atoms with Crippen molar-refractivity contribution in [2.75, 3.05) is 29.5 Å². The zero-order valence-electron chi connectivity index (χ0n) is 15.9. The number of hydrogen-bond acceptors (Lipinski definition) is 3. The number of anilines is 2. The highest BCUT2D eigenvalue weighted by Crippen LogP contribution is 2.33. The number of carbonyl (C=O) groups is 2. The van der Waals surface area contributed by atoms with Gasteiger partial charge in [-0.15, -0.1) is 0 Å². The first-order valence-electron chi connectivity index (χ1n) is 9.48. The van der Waals surface area contributed by atoms with Gasteiger partial charge >= 0.3 is 0 Å². The number of amides is 2. The Morgan fingerprint density at radius 3 is 2.48 bits per heavy atom. The number of aryl methyl sites for hydroxylation is 1. The van der Waals surface area contributed by atoms with E-state index in [1.807, 2.05) is 43.3 Å². The third-order valence-electron chi connectivity index (χ3n) is 4.89. The Kier molecular flexibility index (Phi) is 6.12. The van der Waals surface area contributed by atoms with Gasteiger partial charge in [0.2, 0.25) is 12.3 Å². The van der Waals surface area contributed by atoms with E-state index in [-0.39, 0.29) is 11.8 Å². The second-order valence-corrected chi connectivity index (χ2v) is 6.84. The highest BCUT2D eigenvalue weighted by molar-refractivity contribution is 6.02. The Balaban J connectivity index is 1.66. The summed E-state index contributed by atoms with van der Waals surface area (Å²) in [6, 6.07) is 15.7. The molecule has 2 aromatic rings. The summed E-state index contributed by atoms with van der Waals surface area (Å²) in [4.78, 5) is 27.7. The maximum atomic E-state index is 12.8. The van der Waals surface area contributed by atoms with Crippen LogP contribution in [0.4, 0.5) is 11.4 Å². The van der Waals surface area contributed by atoms with Crippen molar-refractivity contribution in [2.24, 2.45) is 5.92 Å². The molecule has 2 aromatic carbocycles. The van der Waals surface area contributed by atoms with Crippen molar-refractivity contribution < 1.29 is 14.3 Å². The lowest BCUT2D eigenvalue weighted by Gasteiger charge is -2.24. The summed E-state index contributed by atoms with van der Waals surface area (Å²) in [5.41, 5.74) is 2.84. The first-order chi connectivity index (χ1) is 13.1. The van der Waals surface area contributed by atoms with Gasteiger partial charge in [0.25, 0.3) is 0 Å². The molecule has 5 heteroatoms. The molecule has 0 aliphatic carbocycles. The van der Waals surface area contributed by atoms with Gasteiger partial charge in [-0.05, 0) is 42.7 Å². The average molecular weight is 366 g/mol. The minimum absolute atomic E-state index is 0.0408. The van der Waals surface area contributed by atoms with Crippen LogP contribution in [0.3, 0.4) is 0 Å². The predicted octanol–water partition coefficient (Wildman–Crippen LogP) is 3.66. The lowest BCUT2D eigenvalue weighted by molar-refractivity contribution is -0.121. The minimum atomic E-state index is -0.245.